The van der Waals surface area contributed by atoms with E-state index in [0.29, 0.717) is 0 Å². The molecule has 0 spiro atoms. The second-order valence-electron chi connectivity index (χ2n) is 14.0. The van der Waals surface area contributed by atoms with Crippen molar-refractivity contribution in [3.8, 4) is 0 Å². The van der Waals surface area contributed by atoms with Gasteiger partial charge in [0.25, 0.3) is 0 Å². The van der Waals surface area contributed by atoms with E-state index >= 15 is 0 Å². The van der Waals surface area contributed by atoms with E-state index in [1.807, 2.05) is 27.7 Å². The second-order valence-corrected chi connectivity index (χ2v) is 19.0. The number of fused-ring (bicyclic) bond motifs is 10. The van der Waals surface area contributed by atoms with Gasteiger partial charge in [-0.15, -0.1) is 17.5 Å². The Morgan fingerprint density at radius 3 is 2.06 bits per heavy atom. The fraction of sp³-hybridized carbons (Fsp3) is 0.302. The molecule has 1 N–H and O–H groups in total. The standard InChI is InChI=1S/C30H23N2Si.C13H24O2.Ir/c1-33(2,3)30-22-13-7-8-14-24(22)31-29-23-16-19-10-4-5-11-20(19)17-26(23)32-25-15-9-6-12-21(25)18-27(32)28(29)30;1-5-10(6-2)12(14)9-13(15)11(7-3)8-4;/h4-15,17-18H,1-3H3;9-11,14H,5-8H2,1-4H3;/q-1;;/b;12-9-;. The number of rotatable bonds is 8. The zero-order valence-corrected chi connectivity index (χ0v) is 33.1. The summed E-state index contributed by atoms with van der Waals surface area (Å²) in [6.45, 7) is 15.4. The summed E-state index contributed by atoms with van der Waals surface area (Å²) in [5.41, 5.74) is 5.80. The largest absolute Gasteiger partial charge is 0.512 e. The SMILES string of the molecule is CCC(CC)C(=O)/C=C(\O)C(CC)CC.C[Si](C)(C)c1c2ccccc2nc2c3[c-]c4ccccc4cc3n3c4ccccc4cc3c12.[Ir]. The van der Waals surface area contributed by atoms with Crippen LogP contribution in [0.1, 0.15) is 53.4 Å². The fourth-order valence-corrected chi connectivity index (χ4v) is 9.33. The van der Waals surface area contributed by atoms with Crippen LogP contribution in [0.4, 0.5) is 0 Å². The van der Waals surface area contributed by atoms with Crippen molar-refractivity contribution in [2.45, 2.75) is 73.0 Å². The van der Waals surface area contributed by atoms with Crippen LogP contribution in [0.25, 0.3) is 59.9 Å². The van der Waals surface area contributed by atoms with Gasteiger partial charge in [0.1, 0.15) is 0 Å². The van der Waals surface area contributed by atoms with Gasteiger partial charge in [-0.3, -0.25) is 9.78 Å². The first-order chi connectivity index (χ1) is 23.1. The second kappa shape index (κ2) is 15.0. The van der Waals surface area contributed by atoms with E-state index in [2.05, 4.69) is 115 Å². The minimum atomic E-state index is -1.74. The number of aromatic nitrogens is 2. The zero-order chi connectivity index (χ0) is 34.2. The third-order valence-corrected chi connectivity index (χ3v) is 12.0. The average molecular weight is 844 g/mol. The minimum absolute atomic E-state index is 0. The molecule has 1 radical (unpaired) electrons. The molecular formula is C43H47IrN2O2Si-. The number of aliphatic hydroxyl groups is 1. The summed E-state index contributed by atoms with van der Waals surface area (Å²) in [5, 5.41) is 18.5. The Morgan fingerprint density at radius 1 is 0.796 bits per heavy atom. The summed E-state index contributed by atoms with van der Waals surface area (Å²) < 4.78 is 2.44. The molecule has 0 saturated heterocycles. The number of ketones is 1. The van der Waals surface area contributed by atoms with Crippen molar-refractivity contribution in [2.75, 3.05) is 0 Å². The van der Waals surface area contributed by atoms with Gasteiger partial charge in [0.15, 0.2) is 5.78 Å². The molecule has 4 nitrogen and oxygen atoms in total. The predicted octanol–water partition coefficient (Wildman–Crippen LogP) is 11.3. The normalized spacial score (nSPS) is 12.4. The van der Waals surface area contributed by atoms with Crippen LogP contribution < -0.4 is 5.19 Å². The summed E-state index contributed by atoms with van der Waals surface area (Å²) in [5.74, 6) is 0.547. The van der Waals surface area contributed by atoms with Crippen molar-refractivity contribution in [3.05, 3.63) is 103 Å². The number of para-hydroxylation sites is 2. The first kappa shape index (κ1) is 36.4. The Labute approximate surface area is 304 Å². The molecule has 7 rings (SSSR count). The van der Waals surface area contributed by atoms with Crippen molar-refractivity contribution in [1.29, 1.82) is 0 Å². The molecule has 0 bridgehead atoms. The van der Waals surface area contributed by atoms with Crippen LogP contribution in [0.15, 0.2) is 96.8 Å². The first-order valence-corrected chi connectivity index (χ1v) is 21.0. The van der Waals surface area contributed by atoms with Crippen LogP contribution in [0, 0.1) is 17.9 Å². The molecule has 0 saturated carbocycles. The summed E-state index contributed by atoms with van der Waals surface area (Å²) >= 11 is 0. The minimum Gasteiger partial charge on any atom is -0.512 e. The van der Waals surface area contributed by atoms with Crippen LogP contribution in [0.2, 0.25) is 19.6 Å². The summed E-state index contributed by atoms with van der Waals surface area (Å²) in [6.07, 6.45) is 4.91. The predicted molar refractivity (Wildman–Crippen MR) is 208 cm³/mol. The van der Waals surface area contributed by atoms with Crippen LogP contribution >= 0.6 is 0 Å². The molecule has 0 aliphatic rings. The van der Waals surface area contributed by atoms with Crippen molar-refractivity contribution in [1.82, 2.24) is 9.38 Å². The number of hydrogen-bond donors (Lipinski definition) is 1. The number of allylic oxidation sites excluding steroid dienone is 2. The zero-order valence-electron chi connectivity index (χ0n) is 29.7. The number of pyridine rings is 2. The van der Waals surface area contributed by atoms with E-state index in [4.69, 9.17) is 4.98 Å². The monoisotopic (exact) mass is 844 g/mol. The molecule has 255 valence electrons. The van der Waals surface area contributed by atoms with Crippen molar-refractivity contribution in [3.63, 3.8) is 0 Å². The van der Waals surface area contributed by atoms with E-state index < -0.39 is 8.07 Å². The number of benzene rings is 4. The van der Waals surface area contributed by atoms with Gasteiger partial charge in [-0.05, 0) is 70.7 Å². The van der Waals surface area contributed by atoms with E-state index in [1.165, 1.54) is 49.4 Å². The van der Waals surface area contributed by atoms with Crippen molar-refractivity contribution >= 4 is 78.9 Å². The molecule has 0 amide bonds. The Kier molecular flexibility index (Phi) is 11.1. The maximum absolute atomic E-state index is 11.7. The van der Waals surface area contributed by atoms with Crippen molar-refractivity contribution < 1.29 is 30.0 Å². The summed E-state index contributed by atoms with van der Waals surface area (Å²) in [4.78, 5) is 17.0. The summed E-state index contributed by atoms with van der Waals surface area (Å²) in [7, 11) is -1.74. The molecule has 3 heterocycles. The van der Waals surface area contributed by atoms with Gasteiger partial charge in [0, 0.05) is 54.6 Å². The smallest absolute Gasteiger partial charge is 0.162 e. The molecule has 0 fully saturated rings. The number of nitrogens with zero attached hydrogens (tertiary/aromatic N) is 2. The van der Waals surface area contributed by atoms with Gasteiger partial charge in [-0.1, -0.05) is 119 Å². The maximum atomic E-state index is 11.7. The third-order valence-electron chi connectivity index (χ3n) is 9.94. The topological polar surface area (TPSA) is 54.6 Å². The third kappa shape index (κ3) is 6.84. The molecule has 0 aliphatic heterocycles. The van der Waals surface area contributed by atoms with Gasteiger partial charge >= 0.3 is 0 Å². The average Bonchev–Trinajstić information content (AvgIpc) is 3.47. The first-order valence-electron chi connectivity index (χ1n) is 17.5. The molecule has 6 heteroatoms. The van der Waals surface area contributed by atoms with Crippen molar-refractivity contribution in [2.24, 2.45) is 11.8 Å². The molecule has 7 aromatic rings. The number of carbonyl (C=O) groups excluding carboxylic acids is 1. The van der Waals surface area contributed by atoms with E-state index in [0.717, 1.165) is 47.5 Å². The van der Waals surface area contributed by atoms with Crippen LogP contribution in [0.5, 0.6) is 0 Å². The molecular weight excluding hydrogens is 797 g/mol. The van der Waals surface area contributed by atoms with Gasteiger partial charge in [0.05, 0.1) is 19.3 Å². The van der Waals surface area contributed by atoms with Gasteiger partial charge in [-0.25, -0.2) is 0 Å². The molecule has 4 aromatic carbocycles. The van der Waals surface area contributed by atoms with Gasteiger partial charge < -0.3 is 9.51 Å². The Bertz CT molecular complexity index is 2330. The Morgan fingerprint density at radius 2 is 1.39 bits per heavy atom. The quantitative estimate of drug-likeness (QED) is 0.0414. The van der Waals surface area contributed by atoms with E-state index in [1.54, 1.807) is 0 Å². The molecule has 0 unspecified atom stereocenters. The van der Waals surface area contributed by atoms with Gasteiger partial charge in [0.2, 0.25) is 0 Å². The number of carbonyl (C=O) groups is 1. The molecule has 3 aromatic heterocycles. The fourth-order valence-electron chi connectivity index (χ4n) is 7.31. The maximum Gasteiger partial charge on any atom is 0.162 e. The Hall–Kier alpha value is -3.83. The number of aliphatic hydroxyl groups excluding tert-OH is 1. The molecule has 0 aliphatic carbocycles. The van der Waals surface area contributed by atoms with Crippen LogP contribution in [0.3, 0.4) is 0 Å². The van der Waals surface area contributed by atoms with Gasteiger partial charge in [-0.2, -0.15) is 0 Å². The molecule has 49 heavy (non-hydrogen) atoms. The van der Waals surface area contributed by atoms with Crippen LogP contribution in [-0.4, -0.2) is 28.3 Å². The molecule has 0 atom stereocenters. The summed E-state index contributed by atoms with van der Waals surface area (Å²) in [6, 6.07) is 34.3. The number of hydrogen-bond acceptors (Lipinski definition) is 3. The Balaban J connectivity index is 0.000000252. The van der Waals surface area contributed by atoms with Crippen LogP contribution in [-0.2, 0) is 24.9 Å². The van der Waals surface area contributed by atoms with E-state index in [9.17, 15) is 9.90 Å². The van der Waals surface area contributed by atoms with E-state index in [-0.39, 0.29) is 43.5 Å².